The monoisotopic (exact) mass is 367 g/mol. The van der Waals surface area contributed by atoms with Gasteiger partial charge >= 0.3 is 6.18 Å². The fourth-order valence-electron chi connectivity index (χ4n) is 2.07. The van der Waals surface area contributed by atoms with Gasteiger partial charge in [-0.25, -0.2) is 0 Å². The molecule has 110 valence electrons. The van der Waals surface area contributed by atoms with Crippen LogP contribution < -0.4 is 0 Å². The van der Waals surface area contributed by atoms with Crippen LogP contribution in [0.3, 0.4) is 0 Å². The summed E-state index contributed by atoms with van der Waals surface area (Å²) in [5.41, 5.74) is -0.735. The Morgan fingerprint density at radius 3 is 2.75 bits per heavy atom. The third-order valence-corrected chi connectivity index (χ3v) is 5.03. The van der Waals surface area contributed by atoms with Crippen molar-refractivity contribution in [3.8, 4) is 0 Å². The normalized spacial score (nSPS) is 20.1. The highest BCUT2D eigenvalue weighted by atomic mass is 79.9. The van der Waals surface area contributed by atoms with Gasteiger partial charge in [-0.2, -0.15) is 24.9 Å². The van der Waals surface area contributed by atoms with Crippen molar-refractivity contribution in [3.63, 3.8) is 0 Å². The lowest BCUT2D eigenvalue weighted by atomic mass is 10.1. The lowest BCUT2D eigenvalue weighted by Crippen LogP contribution is -2.44. The first kappa shape index (κ1) is 15.7. The van der Waals surface area contributed by atoms with E-state index in [-0.39, 0.29) is 22.0 Å². The molecule has 0 N–H and O–H groups in total. The Balaban J connectivity index is 2.31. The van der Waals surface area contributed by atoms with Crippen LogP contribution in [-0.4, -0.2) is 34.9 Å². The Labute approximate surface area is 127 Å². The van der Waals surface area contributed by atoms with E-state index in [1.165, 1.54) is 12.1 Å². The number of amides is 1. The standard InChI is InChI=1S/C13H13BrF3NOS/c1-8-7-20-5-4-18(8)12(19)9-2-3-11(14)10(6-9)13(15,16)17/h2-3,6,8H,4-5,7H2,1H3. The first-order valence-electron chi connectivity index (χ1n) is 6.06. The summed E-state index contributed by atoms with van der Waals surface area (Å²) in [6.45, 7) is 2.48. The van der Waals surface area contributed by atoms with Gasteiger partial charge in [0.2, 0.25) is 0 Å². The minimum atomic E-state index is -4.47. The van der Waals surface area contributed by atoms with Crippen molar-refractivity contribution >= 4 is 33.6 Å². The Kier molecular flexibility index (Phi) is 4.69. The van der Waals surface area contributed by atoms with Crippen LogP contribution >= 0.6 is 27.7 Å². The second-order valence-electron chi connectivity index (χ2n) is 4.61. The summed E-state index contributed by atoms with van der Waals surface area (Å²) in [7, 11) is 0. The summed E-state index contributed by atoms with van der Waals surface area (Å²) >= 11 is 4.62. The van der Waals surface area contributed by atoms with Gasteiger partial charge in [0.05, 0.1) is 5.56 Å². The zero-order chi connectivity index (χ0) is 14.9. The Hall–Kier alpha value is -0.690. The number of rotatable bonds is 1. The summed E-state index contributed by atoms with van der Waals surface area (Å²) in [6.07, 6.45) is -4.47. The van der Waals surface area contributed by atoms with E-state index in [1.54, 1.807) is 16.7 Å². The van der Waals surface area contributed by atoms with E-state index >= 15 is 0 Å². The third kappa shape index (κ3) is 3.31. The summed E-state index contributed by atoms with van der Waals surface area (Å²) in [4.78, 5) is 14.0. The minimum Gasteiger partial charge on any atom is -0.334 e. The lowest BCUT2D eigenvalue weighted by Gasteiger charge is -2.33. The summed E-state index contributed by atoms with van der Waals surface area (Å²) in [5, 5.41) is 0. The molecule has 2 rings (SSSR count). The Morgan fingerprint density at radius 2 is 2.15 bits per heavy atom. The molecule has 1 atom stereocenters. The highest BCUT2D eigenvalue weighted by Crippen LogP contribution is 2.35. The molecular weight excluding hydrogens is 355 g/mol. The fraction of sp³-hybridized carbons (Fsp3) is 0.462. The first-order valence-corrected chi connectivity index (χ1v) is 8.01. The van der Waals surface area contributed by atoms with Crippen LogP contribution in [0.15, 0.2) is 22.7 Å². The summed E-state index contributed by atoms with van der Waals surface area (Å²) in [6, 6.07) is 3.66. The molecule has 2 nitrogen and oxygen atoms in total. The van der Waals surface area contributed by atoms with Crippen molar-refractivity contribution in [2.24, 2.45) is 0 Å². The number of hydrogen-bond donors (Lipinski definition) is 0. The van der Waals surface area contributed by atoms with Crippen LogP contribution in [0.25, 0.3) is 0 Å². The second-order valence-corrected chi connectivity index (χ2v) is 6.62. The molecule has 1 aliphatic heterocycles. The molecule has 1 aromatic rings. The molecule has 0 bridgehead atoms. The van der Waals surface area contributed by atoms with E-state index < -0.39 is 11.7 Å². The number of halogens is 4. The SMILES string of the molecule is CC1CSCCN1C(=O)c1ccc(Br)c(C(F)(F)F)c1. The van der Waals surface area contributed by atoms with E-state index in [0.717, 1.165) is 17.6 Å². The van der Waals surface area contributed by atoms with Gasteiger partial charge in [0, 0.05) is 34.1 Å². The molecule has 0 aromatic heterocycles. The molecule has 0 radical (unpaired) electrons. The molecule has 0 saturated carbocycles. The molecule has 7 heteroatoms. The van der Waals surface area contributed by atoms with Gasteiger partial charge in [0.15, 0.2) is 0 Å². The molecule has 1 aliphatic rings. The van der Waals surface area contributed by atoms with Crippen LogP contribution in [-0.2, 0) is 6.18 Å². The van der Waals surface area contributed by atoms with Crippen LogP contribution in [0.5, 0.6) is 0 Å². The van der Waals surface area contributed by atoms with Crippen molar-refractivity contribution in [3.05, 3.63) is 33.8 Å². The maximum atomic E-state index is 12.9. The zero-order valence-electron chi connectivity index (χ0n) is 10.7. The number of nitrogens with zero attached hydrogens (tertiary/aromatic N) is 1. The van der Waals surface area contributed by atoms with Crippen LogP contribution in [0.2, 0.25) is 0 Å². The van der Waals surface area contributed by atoms with Crippen molar-refractivity contribution < 1.29 is 18.0 Å². The quantitative estimate of drug-likeness (QED) is 0.746. The van der Waals surface area contributed by atoms with E-state index in [2.05, 4.69) is 15.9 Å². The van der Waals surface area contributed by atoms with Gasteiger partial charge in [-0.1, -0.05) is 15.9 Å². The smallest absolute Gasteiger partial charge is 0.334 e. The van der Waals surface area contributed by atoms with Gasteiger partial charge in [-0.15, -0.1) is 0 Å². The zero-order valence-corrected chi connectivity index (χ0v) is 13.1. The van der Waals surface area contributed by atoms with E-state index in [0.29, 0.717) is 6.54 Å². The van der Waals surface area contributed by atoms with Crippen LogP contribution in [0, 0.1) is 0 Å². The number of hydrogen-bond acceptors (Lipinski definition) is 2. The summed E-state index contributed by atoms with van der Waals surface area (Å²) < 4.78 is 38.5. The van der Waals surface area contributed by atoms with Gasteiger partial charge < -0.3 is 4.90 Å². The number of thioether (sulfide) groups is 1. The highest BCUT2D eigenvalue weighted by Gasteiger charge is 2.34. The maximum absolute atomic E-state index is 12.9. The molecular formula is C13H13BrF3NOS. The molecule has 1 amide bonds. The first-order chi connectivity index (χ1) is 9.30. The van der Waals surface area contributed by atoms with Gasteiger partial charge in [-0.05, 0) is 25.1 Å². The Bertz CT molecular complexity index is 521. The van der Waals surface area contributed by atoms with E-state index in [4.69, 9.17) is 0 Å². The van der Waals surface area contributed by atoms with Crippen molar-refractivity contribution in [2.75, 3.05) is 18.1 Å². The van der Waals surface area contributed by atoms with Gasteiger partial charge in [0.1, 0.15) is 0 Å². The average molecular weight is 368 g/mol. The number of benzene rings is 1. The number of carbonyl (C=O) groups excluding carboxylic acids is 1. The molecule has 1 saturated heterocycles. The van der Waals surface area contributed by atoms with E-state index in [9.17, 15) is 18.0 Å². The number of alkyl halides is 3. The minimum absolute atomic E-state index is 0.0410. The van der Waals surface area contributed by atoms with Crippen molar-refractivity contribution in [1.29, 1.82) is 0 Å². The van der Waals surface area contributed by atoms with Gasteiger partial charge in [0.25, 0.3) is 5.91 Å². The van der Waals surface area contributed by atoms with Gasteiger partial charge in [-0.3, -0.25) is 4.79 Å². The molecule has 1 heterocycles. The third-order valence-electron chi connectivity index (χ3n) is 3.15. The molecule has 0 aliphatic carbocycles. The molecule has 1 unspecified atom stereocenters. The van der Waals surface area contributed by atoms with Crippen LogP contribution in [0.4, 0.5) is 13.2 Å². The molecule has 1 aromatic carbocycles. The molecule has 1 fully saturated rings. The molecule has 0 spiro atoms. The average Bonchev–Trinajstić information content (AvgIpc) is 2.37. The number of carbonyl (C=O) groups is 1. The van der Waals surface area contributed by atoms with Crippen molar-refractivity contribution in [2.45, 2.75) is 19.1 Å². The lowest BCUT2D eigenvalue weighted by molar-refractivity contribution is -0.138. The molecule has 20 heavy (non-hydrogen) atoms. The summed E-state index contributed by atoms with van der Waals surface area (Å²) in [5.74, 6) is 1.29. The largest absolute Gasteiger partial charge is 0.417 e. The maximum Gasteiger partial charge on any atom is 0.417 e. The van der Waals surface area contributed by atoms with E-state index in [1.807, 2.05) is 6.92 Å². The fourth-order valence-corrected chi connectivity index (χ4v) is 3.56. The second kappa shape index (κ2) is 5.97. The van der Waals surface area contributed by atoms with Crippen molar-refractivity contribution in [1.82, 2.24) is 4.90 Å². The predicted octanol–water partition coefficient (Wildman–Crippen LogP) is 4.05. The highest BCUT2D eigenvalue weighted by molar-refractivity contribution is 9.10. The predicted molar refractivity (Wildman–Crippen MR) is 77.0 cm³/mol. The Morgan fingerprint density at radius 1 is 1.45 bits per heavy atom. The topological polar surface area (TPSA) is 20.3 Å². The van der Waals surface area contributed by atoms with Crippen LogP contribution in [0.1, 0.15) is 22.8 Å².